The van der Waals surface area contributed by atoms with Gasteiger partial charge in [0.1, 0.15) is 5.76 Å². The van der Waals surface area contributed by atoms with Crippen molar-refractivity contribution in [3.05, 3.63) is 76.4 Å². The predicted octanol–water partition coefficient (Wildman–Crippen LogP) is 3.98. The minimum Gasteiger partial charge on any atom is -0.468 e. The van der Waals surface area contributed by atoms with E-state index in [4.69, 9.17) is 4.42 Å². The summed E-state index contributed by atoms with van der Waals surface area (Å²) in [5, 5.41) is 2.01. The van der Waals surface area contributed by atoms with Gasteiger partial charge in [-0.3, -0.25) is 14.5 Å². The molecule has 1 atom stereocenters. The lowest BCUT2D eigenvalue weighted by atomic mass is 10.2. The predicted molar refractivity (Wildman–Crippen MR) is 104 cm³/mol. The molecule has 27 heavy (non-hydrogen) atoms. The number of carbonyl (C=O) groups is 2. The van der Waals surface area contributed by atoms with Crippen molar-refractivity contribution in [1.29, 1.82) is 0 Å². The van der Waals surface area contributed by atoms with Crippen molar-refractivity contribution >= 4 is 28.8 Å². The first-order chi connectivity index (χ1) is 13.1. The molecular formula is C21H20N2O3S. The zero-order valence-corrected chi connectivity index (χ0v) is 15.8. The van der Waals surface area contributed by atoms with Crippen LogP contribution in [0.3, 0.4) is 0 Å². The second-order valence-corrected chi connectivity index (χ2v) is 7.72. The monoisotopic (exact) mass is 380 g/mol. The van der Waals surface area contributed by atoms with Gasteiger partial charge < -0.3 is 4.42 Å². The summed E-state index contributed by atoms with van der Waals surface area (Å²) in [6, 6.07) is 14.7. The third kappa shape index (κ3) is 3.72. The highest BCUT2D eigenvalue weighted by molar-refractivity contribution is 7.09. The minimum absolute atomic E-state index is 0.163. The number of imide groups is 1. The second-order valence-electron chi connectivity index (χ2n) is 6.69. The molecule has 0 N–H and O–H groups in total. The van der Waals surface area contributed by atoms with Gasteiger partial charge in [-0.15, -0.1) is 11.3 Å². The summed E-state index contributed by atoms with van der Waals surface area (Å²) < 4.78 is 5.48. The normalized spacial score (nSPS) is 17.3. The largest absolute Gasteiger partial charge is 0.468 e. The molecule has 138 valence electrons. The molecule has 1 fully saturated rings. The summed E-state index contributed by atoms with van der Waals surface area (Å²) >= 11 is 1.64. The lowest BCUT2D eigenvalue weighted by Crippen LogP contribution is -2.41. The third-order valence-corrected chi connectivity index (χ3v) is 5.59. The first-order valence-electron chi connectivity index (χ1n) is 8.84. The smallest absolute Gasteiger partial charge is 0.251 e. The van der Waals surface area contributed by atoms with E-state index in [1.807, 2.05) is 65.7 Å². The molecule has 0 radical (unpaired) electrons. The van der Waals surface area contributed by atoms with E-state index >= 15 is 0 Å². The molecule has 1 aliphatic rings. The van der Waals surface area contributed by atoms with Gasteiger partial charge in [0.2, 0.25) is 5.91 Å². The number of hydrogen-bond acceptors (Lipinski definition) is 5. The van der Waals surface area contributed by atoms with Gasteiger partial charge in [-0.2, -0.15) is 0 Å². The standard InChI is InChI=1S/C21H20N2O3S/c1-15-6-8-16(9-7-15)23-20(24)12-19(21(23)25)22(13-17-4-2-10-26-17)14-18-5-3-11-27-18/h2-11,19H,12-14H2,1H3. The van der Waals surface area contributed by atoms with E-state index in [0.717, 1.165) is 16.2 Å². The number of carbonyl (C=O) groups excluding carboxylic acids is 2. The fourth-order valence-corrected chi connectivity index (χ4v) is 4.08. The van der Waals surface area contributed by atoms with Gasteiger partial charge in [0.15, 0.2) is 0 Å². The van der Waals surface area contributed by atoms with Crippen LogP contribution in [0.5, 0.6) is 0 Å². The molecule has 6 heteroatoms. The van der Waals surface area contributed by atoms with Crippen LogP contribution in [0, 0.1) is 6.92 Å². The van der Waals surface area contributed by atoms with E-state index in [1.54, 1.807) is 17.6 Å². The molecule has 0 bridgehead atoms. The van der Waals surface area contributed by atoms with Crippen molar-refractivity contribution in [2.24, 2.45) is 0 Å². The number of benzene rings is 1. The summed E-state index contributed by atoms with van der Waals surface area (Å²) in [7, 11) is 0. The van der Waals surface area contributed by atoms with Crippen LogP contribution in [-0.2, 0) is 22.7 Å². The van der Waals surface area contributed by atoms with E-state index in [-0.39, 0.29) is 18.2 Å². The van der Waals surface area contributed by atoms with Crippen molar-refractivity contribution in [3.63, 3.8) is 0 Å². The van der Waals surface area contributed by atoms with E-state index in [2.05, 4.69) is 0 Å². The quantitative estimate of drug-likeness (QED) is 0.607. The van der Waals surface area contributed by atoms with Crippen LogP contribution in [0.2, 0.25) is 0 Å². The Morgan fingerprint density at radius 1 is 1.11 bits per heavy atom. The van der Waals surface area contributed by atoms with Crippen molar-refractivity contribution < 1.29 is 14.0 Å². The summed E-state index contributed by atoms with van der Waals surface area (Å²) in [4.78, 5) is 30.3. The molecule has 0 aliphatic carbocycles. The van der Waals surface area contributed by atoms with Crippen molar-refractivity contribution in [2.45, 2.75) is 32.5 Å². The van der Waals surface area contributed by atoms with Gasteiger partial charge in [0, 0.05) is 11.4 Å². The topological polar surface area (TPSA) is 53.8 Å². The van der Waals surface area contributed by atoms with Gasteiger partial charge in [-0.25, -0.2) is 4.90 Å². The number of aryl methyl sites for hydroxylation is 1. The van der Waals surface area contributed by atoms with Crippen LogP contribution in [0.4, 0.5) is 5.69 Å². The van der Waals surface area contributed by atoms with Gasteiger partial charge in [0.05, 0.1) is 31.0 Å². The number of furan rings is 1. The van der Waals surface area contributed by atoms with E-state index in [9.17, 15) is 9.59 Å². The molecule has 0 saturated carbocycles. The highest BCUT2D eigenvalue weighted by Crippen LogP contribution is 2.28. The van der Waals surface area contributed by atoms with E-state index in [1.165, 1.54) is 4.90 Å². The number of hydrogen-bond donors (Lipinski definition) is 0. The summed E-state index contributed by atoms with van der Waals surface area (Å²) in [5.41, 5.74) is 1.72. The summed E-state index contributed by atoms with van der Waals surface area (Å²) in [5.74, 6) is 0.442. The lowest BCUT2D eigenvalue weighted by molar-refractivity contribution is -0.123. The zero-order valence-electron chi connectivity index (χ0n) is 15.0. The van der Waals surface area contributed by atoms with Crippen molar-refractivity contribution in [1.82, 2.24) is 4.90 Å². The van der Waals surface area contributed by atoms with Crippen LogP contribution >= 0.6 is 11.3 Å². The fraction of sp³-hybridized carbons (Fsp3) is 0.238. The van der Waals surface area contributed by atoms with Crippen LogP contribution in [0.1, 0.15) is 22.6 Å². The maximum Gasteiger partial charge on any atom is 0.251 e. The van der Waals surface area contributed by atoms with Crippen LogP contribution < -0.4 is 4.90 Å². The maximum absolute atomic E-state index is 13.1. The highest BCUT2D eigenvalue weighted by Gasteiger charge is 2.43. The minimum atomic E-state index is -0.494. The Kier molecular flexibility index (Phi) is 4.92. The first-order valence-corrected chi connectivity index (χ1v) is 9.72. The number of nitrogens with zero attached hydrogens (tertiary/aromatic N) is 2. The van der Waals surface area contributed by atoms with Gasteiger partial charge in [-0.1, -0.05) is 23.8 Å². The molecule has 3 aromatic rings. The molecule has 2 amide bonds. The summed E-state index contributed by atoms with van der Waals surface area (Å²) in [6.45, 7) is 3.06. The Morgan fingerprint density at radius 3 is 2.59 bits per heavy atom. The highest BCUT2D eigenvalue weighted by atomic mass is 32.1. The van der Waals surface area contributed by atoms with Gasteiger partial charge >= 0.3 is 0 Å². The third-order valence-electron chi connectivity index (χ3n) is 4.73. The van der Waals surface area contributed by atoms with Crippen LogP contribution in [-0.4, -0.2) is 22.8 Å². The number of amides is 2. The molecule has 1 saturated heterocycles. The molecule has 1 aliphatic heterocycles. The molecule has 5 nitrogen and oxygen atoms in total. The number of thiophene rings is 1. The molecule has 2 aromatic heterocycles. The Hall–Kier alpha value is -2.70. The molecule has 0 spiro atoms. The van der Waals surface area contributed by atoms with Gasteiger partial charge in [0.25, 0.3) is 5.91 Å². The Balaban J connectivity index is 1.60. The molecule has 1 unspecified atom stereocenters. The lowest BCUT2D eigenvalue weighted by Gasteiger charge is -2.26. The fourth-order valence-electron chi connectivity index (χ4n) is 3.35. The SMILES string of the molecule is Cc1ccc(N2C(=O)CC(N(Cc3ccco3)Cc3cccs3)C2=O)cc1. The molecular weight excluding hydrogens is 360 g/mol. The Morgan fingerprint density at radius 2 is 1.93 bits per heavy atom. The van der Waals surface area contributed by atoms with Crippen molar-refractivity contribution in [2.75, 3.05) is 4.90 Å². The first kappa shape index (κ1) is 17.7. The number of rotatable bonds is 6. The molecule has 4 rings (SSSR count). The van der Waals surface area contributed by atoms with Crippen LogP contribution in [0.15, 0.2) is 64.6 Å². The Bertz CT molecular complexity index is 881. The number of anilines is 1. The zero-order chi connectivity index (χ0) is 18.8. The molecule has 1 aromatic carbocycles. The van der Waals surface area contributed by atoms with E-state index in [0.29, 0.717) is 18.8 Å². The van der Waals surface area contributed by atoms with Gasteiger partial charge in [-0.05, 0) is 42.6 Å². The van der Waals surface area contributed by atoms with E-state index < -0.39 is 6.04 Å². The average Bonchev–Trinajstić information content (AvgIpc) is 3.39. The van der Waals surface area contributed by atoms with Crippen molar-refractivity contribution in [3.8, 4) is 0 Å². The summed E-state index contributed by atoms with van der Waals surface area (Å²) in [6.07, 6.45) is 1.80. The maximum atomic E-state index is 13.1. The molecule has 3 heterocycles. The van der Waals surface area contributed by atoms with Crippen LogP contribution in [0.25, 0.3) is 0 Å². The Labute approximate surface area is 161 Å². The second kappa shape index (κ2) is 7.50. The average molecular weight is 380 g/mol.